The SMILES string of the molecule is COC(=O)SN1CCN(c2cc3c(cc2F)c(=O)c(OC(=O)O)cn3C2CC2)CC1. The van der Waals surface area contributed by atoms with Gasteiger partial charge in [-0.05, 0) is 25.0 Å². The first kappa shape index (κ1) is 20.5. The van der Waals surface area contributed by atoms with E-state index in [-0.39, 0.29) is 17.2 Å². The quantitative estimate of drug-likeness (QED) is 0.571. The molecular weight excluding hydrogens is 417 g/mol. The van der Waals surface area contributed by atoms with E-state index in [0.717, 1.165) is 30.9 Å². The van der Waals surface area contributed by atoms with Crippen LogP contribution in [0.5, 0.6) is 5.75 Å². The second-order valence-electron chi connectivity index (χ2n) is 7.11. The zero-order chi connectivity index (χ0) is 21.4. The van der Waals surface area contributed by atoms with Crippen LogP contribution in [0.2, 0.25) is 0 Å². The molecule has 30 heavy (non-hydrogen) atoms. The standard InChI is InChI=1S/C19H20FN3O6S/c1-28-19(27)30-22-6-4-21(5-7-22)15-9-14-12(8-13(15)20)17(24)16(29-18(25)26)10-23(14)11-2-3-11/h8-11H,2-7H2,1H3,(H,25,26). The summed E-state index contributed by atoms with van der Waals surface area (Å²) < 4.78 is 27.9. The number of piperazine rings is 1. The van der Waals surface area contributed by atoms with Gasteiger partial charge >= 0.3 is 11.5 Å². The van der Waals surface area contributed by atoms with E-state index in [1.165, 1.54) is 13.3 Å². The fraction of sp³-hybridized carbons (Fsp3) is 0.421. The van der Waals surface area contributed by atoms with Crippen molar-refractivity contribution in [1.29, 1.82) is 0 Å². The first-order valence-electron chi connectivity index (χ1n) is 9.42. The maximum Gasteiger partial charge on any atom is 0.511 e. The molecule has 2 fully saturated rings. The van der Waals surface area contributed by atoms with E-state index < -0.39 is 22.7 Å². The Kier molecular flexibility index (Phi) is 5.56. The lowest BCUT2D eigenvalue weighted by Crippen LogP contribution is -2.44. The molecule has 4 rings (SSSR count). The zero-order valence-electron chi connectivity index (χ0n) is 16.2. The molecule has 1 saturated heterocycles. The number of anilines is 1. The number of carbonyl (C=O) groups excluding carboxylic acids is 1. The average molecular weight is 437 g/mol. The third-order valence-electron chi connectivity index (χ3n) is 5.16. The normalized spacial score (nSPS) is 17.2. The van der Waals surface area contributed by atoms with E-state index in [2.05, 4.69) is 9.47 Å². The molecule has 2 aromatic rings. The number of ether oxygens (including phenoxy) is 2. The van der Waals surface area contributed by atoms with Crippen molar-refractivity contribution < 1.29 is 28.6 Å². The summed E-state index contributed by atoms with van der Waals surface area (Å²) in [5, 5.41) is 8.57. The van der Waals surface area contributed by atoms with Gasteiger partial charge in [0.25, 0.3) is 0 Å². The van der Waals surface area contributed by atoms with Crippen molar-refractivity contribution in [3.8, 4) is 5.75 Å². The van der Waals surface area contributed by atoms with Crippen LogP contribution in [-0.4, -0.2) is 58.7 Å². The highest BCUT2D eigenvalue weighted by molar-refractivity contribution is 8.11. The molecule has 0 unspecified atom stereocenters. The molecule has 0 spiro atoms. The molecule has 2 aliphatic rings. The van der Waals surface area contributed by atoms with Crippen LogP contribution in [0.4, 0.5) is 19.7 Å². The molecule has 0 amide bonds. The molecule has 1 N–H and O–H groups in total. The number of carbonyl (C=O) groups is 2. The Hall–Kier alpha value is -2.79. The first-order chi connectivity index (χ1) is 14.4. The van der Waals surface area contributed by atoms with Crippen LogP contribution in [0.25, 0.3) is 10.9 Å². The monoisotopic (exact) mass is 437 g/mol. The number of benzene rings is 1. The number of carboxylic acid groups (broad SMARTS) is 1. The lowest BCUT2D eigenvalue weighted by molar-refractivity contribution is 0.143. The van der Waals surface area contributed by atoms with Gasteiger partial charge in [-0.25, -0.2) is 18.3 Å². The minimum absolute atomic E-state index is 0.0850. The predicted molar refractivity (Wildman–Crippen MR) is 109 cm³/mol. The molecular formula is C19H20FN3O6S. The number of pyridine rings is 1. The summed E-state index contributed by atoms with van der Waals surface area (Å²) in [4.78, 5) is 36.8. The van der Waals surface area contributed by atoms with Crippen LogP contribution >= 0.6 is 11.9 Å². The molecule has 2 heterocycles. The van der Waals surface area contributed by atoms with E-state index in [0.29, 0.717) is 37.4 Å². The molecule has 1 aromatic heterocycles. The Morgan fingerprint density at radius 1 is 1.20 bits per heavy atom. The molecule has 1 aliphatic carbocycles. The summed E-state index contributed by atoms with van der Waals surface area (Å²) in [6.45, 7) is 2.08. The van der Waals surface area contributed by atoms with Crippen molar-refractivity contribution in [3.63, 3.8) is 0 Å². The molecule has 11 heteroatoms. The predicted octanol–water partition coefficient (Wildman–Crippen LogP) is 3.07. The topological polar surface area (TPSA) is 101 Å². The lowest BCUT2D eigenvalue weighted by Gasteiger charge is -2.34. The second kappa shape index (κ2) is 8.15. The number of nitrogens with zero attached hydrogens (tertiary/aromatic N) is 3. The largest absolute Gasteiger partial charge is 0.511 e. The van der Waals surface area contributed by atoms with Crippen molar-refractivity contribution in [2.75, 3.05) is 38.2 Å². The smallest absolute Gasteiger partial charge is 0.460 e. The van der Waals surface area contributed by atoms with E-state index in [9.17, 15) is 18.8 Å². The van der Waals surface area contributed by atoms with Gasteiger partial charge in [0, 0.05) is 44.2 Å². The van der Waals surface area contributed by atoms with Crippen LogP contribution in [0, 0.1) is 5.82 Å². The summed E-state index contributed by atoms with van der Waals surface area (Å²) >= 11 is 0.992. The van der Waals surface area contributed by atoms with Crippen molar-refractivity contribution in [1.82, 2.24) is 8.87 Å². The number of hydrogen-bond donors (Lipinski definition) is 1. The minimum atomic E-state index is -1.59. The molecule has 9 nitrogen and oxygen atoms in total. The lowest BCUT2D eigenvalue weighted by atomic mass is 10.1. The average Bonchev–Trinajstić information content (AvgIpc) is 3.55. The Bertz CT molecular complexity index is 1060. The van der Waals surface area contributed by atoms with Crippen LogP contribution in [0.1, 0.15) is 18.9 Å². The molecule has 1 aliphatic heterocycles. The Labute approximate surface area is 175 Å². The highest BCUT2D eigenvalue weighted by atomic mass is 32.2. The summed E-state index contributed by atoms with van der Waals surface area (Å²) in [5.41, 5.74) is 0.253. The van der Waals surface area contributed by atoms with Crippen molar-refractivity contribution in [2.45, 2.75) is 18.9 Å². The molecule has 0 atom stereocenters. The Balaban J connectivity index is 1.67. The first-order valence-corrected chi connectivity index (χ1v) is 10.2. The third kappa shape index (κ3) is 4.08. The fourth-order valence-corrected chi connectivity index (χ4v) is 4.19. The molecule has 0 radical (unpaired) electrons. The second-order valence-corrected chi connectivity index (χ2v) is 8.14. The summed E-state index contributed by atoms with van der Waals surface area (Å²) in [6.07, 6.45) is 1.58. The van der Waals surface area contributed by atoms with Gasteiger partial charge in [-0.3, -0.25) is 4.79 Å². The summed E-state index contributed by atoms with van der Waals surface area (Å²) in [7, 11) is 1.32. The Morgan fingerprint density at radius 3 is 2.50 bits per heavy atom. The molecule has 160 valence electrons. The van der Waals surface area contributed by atoms with Crippen molar-refractivity contribution in [3.05, 3.63) is 34.4 Å². The van der Waals surface area contributed by atoms with Crippen LogP contribution in [0.3, 0.4) is 0 Å². The highest BCUT2D eigenvalue weighted by Crippen LogP contribution is 2.39. The highest BCUT2D eigenvalue weighted by Gasteiger charge is 2.28. The van der Waals surface area contributed by atoms with Gasteiger partial charge in [-0.15, -0.1) is 0 Å². The third-order valence-corrected chi connectivity index (χ3v) is 6.09. The summed E-state index contributed by atoms with van der Waals surface area (Å²) in [5.74, 6) is -0.897. The Morgan fingerprint density at radius 2 is 1.90 bits per heavy atom. The maximum atomic E-state index is 14.9. The van der Waals surface area contributed by atoms with Crippen molar-refractivity contribution in [2.24, 2.45) is 0 Å². The number of rotatable bonds is 4. The van der Waals surface area contributed by atoms with Gasteiger partial charge in [0.15, 0.2) is 5.75 Å². The number of hydrogen-bond acceptors (Lipinski definition) is 8. The van der Waals surface area contributed by atoms with Gasteiger partial charge in [0.1, 0.15) is 5.82 Å². The van der Waals surface area contributed by atoms with Crippen LogP contribution in [-0.2, 0) is 4.74 Å². The molecule has 1 saturated carbocycles. The van der Waals surface area contributed by atoms with E-state index >= 15 is 0 Å². The summed E-state index contributed by atoms with van der Waals surface area (Å²) in [6, 6.07) is 2.91. The van der Waals surface area contributed by atoms with Crippen molar-refractivity contribution >= 4 is 40.0 Å². The number of aromatic nitrogens is 1. The van der Waals surface area contributed by atoms with Gasteiger partial charge in [0.05, 0.1) is 29.9 Å². The van der Waals surface area contributed by atoms with Gasteiger partial charge in [0.2, 0.25) is 5.43 Å². The van der Waals surface area contributed by atoms with Gasteiger partial charge in [-0.2, -0.15) is 0 Å². The van der Waals surface area contributed by atoms with E-state index in [1.54, 1.807) is 10.6 Å². The fourth-order valence-electron chi connectivity index (χ4n) is 3.56. The van der Waals surface area contributed by atoms with E-state index in [4.69, 9.17) is 5.11 Å². The number of methoxy groups -OCH3 is 1. The minimum Gasteiger partial charge on any atom is -0.460 e. The maximum absolute atomic E-state index is 14.9. The molecule has 1 aromatic carbocycles. The van der Waals surface area contributed by atoms with Crippen LogP contribution < -0.4 is 15.1 Å². The number of fused-ring (bicyclic) bond motifs is 1. The molecule has 0 bridgehead atoms. The van der Waals surface area contributed by atoms with Gasteiger partial charge < -0.3 is 24.0 Å². The van der Waals surface area contributed by atoms with Gasteiger partial charge in [-0.1, -0.05) is 0 Å². The van der Waals surface area contributed by atoms with E-state index in [1.807, 2.05) is 9.21 Å². The number of halogens is 1. The van der Waals surface area contributed by atoms with Crippen LogP contribution in [0.15, 0.2) is 23.1 Å². The zero-order valence-corrected chi connectivity index (χ0v) is 17.0.